The number of ether oxygens (including phenoxy) is 1. The molecule has 4 nitrogen and oxygen atoms in total. The molecule has 1 heterocycles. The standard InChI is InChI=1S/C15H21N3O/c1-4-9-16-15-17-10-11-18(15)13-5-7-14(8-6-13)19-12(2)3/h5-8,10-12H,4,9H2,1-3H3,(H,16,17). The van der Waals surface area contributed by atoms with Crippen molar-refractivity contribution in [3.8, 4) is 11.4 Å². The lowest BCUT2D eigenvalue weighted by molar-refractivity contribution is 0.242. The van der Waals surface area contributed by atoms with E-state index in [1.54, 1.807) is 6.20 Å². The number of anilines is 1. The molecule has 0 saturated heterocycles. The van der Waals surface area contributed by atoms with Gasteiger partial charge in [-0.2, -0.15) is 0 Å². The van der Waals surface area contributed by atoms with Crippen molar-refractivity contribution in [3.05, 3.63) is 36.7 Å². The second kappa shape index (κ2) is 6.27. The van der Waals surface area contributed by atoms with Crippen LogP contribution in [0.15, 0.2) is 36.7 Å². The summed E-state index contributed by atoms with van der Waals surface area (Å²) in [6.45, 7) is 7.11. The summed E-state index contributed by atoms with van der Waals surface area (Å²) in [7, 11) is 0. The van der Waals surface area contributed by atoms with Crippen molar-refractivity contribution in [1.29, 1.82) is 0 Å². The van der Waals surface area contributed by atoms with Gasteiger partial charge < -0.3 is 10.1 Å². The van der Waals surface area contributed by atoms with Crippen LogP contribution in [0, 0.1) is 0 Å². The average Bonchev–Trinajstić information content (AvgIpc) is 2.85. The molecule has 19 heavy (non-hydrogen) atoms. The summed E-state index contributed by atoms with van der Waals surface area (Å²) >= 11 is 0. The topological polar surface area (TPSA) is 39.1 Å². The lowest BCUT2D eigenvalue weighted by Gasteiger charge is -2.12. The molecule has 4 heteroatoms. The fraction of sp³-hybridized carbons (Fsp3) is 0.400. The van der Waals surface area contributed by atoms with Crippen LogP contribution in [0.4, 0.5) is 5.95 Å². The van der Waals surface area contributed by atoms with Gasteiger partial charge in [-0.15, -0.1) is 0 Å². The van der Waals surface area contributed by atoms with Gasteiger partial charge in [0, 0.05) is 24.6 Å². The Morgan fingerprint density at radius 2 is 2.00 bits per heavy atom. The lowest BCUT2D eigenvalue weighted by Crippen LogP contribution is -2.07. The van der Waals surface area contributed by atoms with Gasteiger partial charge in [-0.3, -0.25) is 4.57 Å². The minimum absolute atomic E-state index is 0.195. The summed E-state index contributed by atoms with van der Waals surface area (Å²) in [5, 5.41) is 3.31. The molecule has 1 aromatic heterocycles. The zero-order valence-electron chi connectivity index (χ0n) is 11.8. The van der Waals surface area contributed by atoms with Crippen LogP contribution >= 0.6 is 0 Å². The van der Waals surface area contributed by atoms with Crippen LogP contribution in [0.5, 0.6) is 5.75 Å². The number of rotatable bonds is 6. The Hall–Kier alpha value is -1.97. The summed E-state index contributed by atoms with van der Waals surface area (Å²) in [4.78, 5) is 4.32. The van der Waals surface area contributed by atoms with Crippen molar-refractivity contribution < 1.29 is 4.74 Å². The predicted molar refractivity (Wildman–Crippen MR) is 78.1 cm³/mol. The van der Waals surface area contributed by atoms with Gasteiger partial charge in [-0.1, -0.05) is 6.92 Å². The van der Waals surface area contributed by atoms with Gasteiger partial charge in [0.25, 0.3) is 0 Å². The molecule has 102 valence electrons. The second-order valence-electron chi connectivity index (χ2n) is 4.71. The zero-order valence-corrected chi connectivity index (χ0v) is 11.8. The summed E-state index contributed by atoms with van der Waals surface area (Å²) in [6.07, 6.45) is 5.03. The minimum atomic E-state index is 0.195. The van der Waals surface area contributed by atoms with Crippen molar-refractivity contribution >= 4 is 5.95 Å². The van der Waals surface area contributed by atoms with Gasteiger partial charge in [0.2, 0.25) is 5.95 Å². The van der Waals surface area contributed by atoms with Gasteiger partial charge >= 0.3 is 0 Å². The van der Waals surface area contributed by atoms with Gasteiger partial charge in [0.15, 0.2) is 0 Å². The Kier molecular flexibility index (Phi) is 4.44. The highest BCUT2D eigenvalue weighted by Crippen LogP contribution is 2.19. The molecule has 0 fully saturated rings. The summed E-state index contributed by atoms with van der Waals surface area (Å²) in [5.74, 6) is 1.77. The highest BCUT2D eigenvalue weighted by atomic mass is 16.5. The third-order valence-corrected chi connectivity index (χ3v) is 2.66. The Bertz CT molecular complexity index is 502. The van der Waals surface area contributed by atoms with Crippen LogP contribution in [-0.4, -0.2) is 22.2 Å². The number of hydrogen-bond donors (Lipinski definition) is 1. The smallest absolute Gasteiger partial charge is 0.207 e. The normalized spacial score (nSPS) is 10.7. The Labute approximate surface area is 114 Å². The molecule has 0 radical (unpaired) electrons. The monoisotopic (exact) mass is 259 g/mol. The van der Waals surface area contributed by atoms with Crippen LogP contribution in [-0.2, 0) is 0 Å². The van der Waals surface area contributed by atoms with E-state index in [1.165, 1.54) is 0 Å². The SMILES string of the molecule is CCCNc1nccn1-c1ccc(OC(C)C)cc1. The Morgan fingerprint density at radius 1 is 1.26 bits per heavy atom. The van der Waals surface area contributed by atoms with Crippen molar-refractivity contribution in [3.63, 3.8) is 0 Å². The van der Waals surface area contributed by atoms with Gasteiger partial charge in [-0.25, -0.2) is 4.98 Å². The molecule has 2 aromatic rings. The molecule has 0 unspecified atom stereocenters. The molecule has 0 atom stereocenters. The number of nitrogens with zero attached hydrogens (tertiary/aromatic N) is 2. The molecular weight excluding hydrogens is 238 g/mol. The molecular formula is C15H21N3O. The van der Waals surface area contributed by atoms with E-state index >= 15 is 0 Å². The maximum absolute atomic E-state index is 5.64. The van der Waals surface area contributed by atoms with Crippen molar-refractivity contribution in [2.45, 2.75) is 33.3 Å². The Morgan fingerprint density at radius 3 is 2.63 bits per heavy atom. The predicted octanol–water partition coefficient (Wildman–Crippen LogP) is 3.48. The van der Waals surface area contributed by atoms with Crippen molar-refractivity contribution in [2.75, 3.05) is 11.9 Å². The number of imidazole rings is 1. The van der Waals surface area contributed by atoms with Crippen molar-refractivity contribution in [2.24, 2.45) is 0 Å². The fourth-order valence-corrected chi connectivity index (χ4v) is 1.84. The maximum Gasteiger partial charge on any atom is 0.207 e. The minimum Gasteiger partial charge on any atom is -0.491 e. The van der Waals surface area contributed by atoms with E-state index in [4.69, 9.17) is 4.74 Å². The molecule has 0 aliphatic rings. The number of benzene rings is 1. The number of nitrogens with one attached hydrogen (secondary N) is 1. The summed E-state index contributed by atoms with van der Waals surface area (Å²) < 4.78 is 7.68. The molecule has 0 bridgehead atoms. The first kappa shape index (κ1) is 13.5. The molecule has 1 aromatic carbocycles. The van der Waals surface area contributed by atoms with Crippen LogP contribution < -0.4 is 10.1 Å². The number of hydrogen-bond acceptors (Lipinski definition) is 3. The molecule has 0 aliphatic carbocycles. The molecule has 2 rings (SSSR count). The number of aromatic nitrogens is 2. The first-order chi connectivity index (χ1) is 9.20. The fourth-order valence-electron chi connectivity index (χ4n) is 1.84. The summed E-state index contributed by atoms with van der Waals surface area (Å²) in [6, 6.07) is 8.05. The lowest BCUT2D eigenvalue weighted by atomic mass is 10.3. The largest absolute Gasteiger partial charge is 0.491 e. The highest BCUT2D eigenvalue weighted by molar-refractivity contribution is 5.44. The second-order valence-corrected chi connectivity index (χ2v) is 4.71. The van der Waals surface area contributed by atoms with E-state index in [-0.39, 0.29) is 6.10 Å². The van der Waals surface area contributed by atoms with E-state index in [9.17, 15) is 0 Å². The molecule has 0 spiro atoms. The Balaban J connectivity index is 2.15. The first-order valence-corrected chi connectivity index (χ1v) is 6.75. The van der Waals surface area contributed by atoms with E-state index < -0.39 is 0 Å². The molecule has 0 saturated carbocycles. The van der Waals surface area contributed by atoms with E-state index in [1.807, 2.05) is 48.9 Å². The van der Waals surface area contributed by atoms with Crippen molar-refractivity contribution in [1.82, 2.24) is 9.55 Å². The zero-order chi connectivity index (χ0) is 13.7. The van der Waals surface area contributed by atoms with E-state index in [2.05, 4.69) is 17.2 Å². The van der Waals surface area contributed by atoms with Crippen LogP contribution in [0.25, 0.3) is 5.69 Å². The van der Waals surface area contributed by atoms with Gasteiger partial charge in [0.05, 0.1) is 6.10 Å². The van der Waals surface area contributed by atoms with Gasteiger partial charge in [-0.05, 0) is 44.5 Å². The molecule has 0 amide bonds. The molecule has 1 N–H and O–H groups in total. The quantitative estimate of drug-likeness (QED) is 0.863. The van der Waals surface area contributed by atoms with E-state index in [0.29, 0.717) is 0 Å². The van der Waals surface area contributed by atoms with Gasteiger partial charge in [0.1, 0.15) is 5.75 Å². The van der Waals surface area contributed by atoms with Crippen LogP contribution in [0.3, 0.4) is 0 Å². The third kappa shape index (κ3) is 3.50. The molecule has 0 aliphatic heterocycles. The van der Waals surface area contributed by atoms with Crippen LogP contribution in [0.2, 0.25) is 0 Å². The van der Waals surface area contributed by atoms with Crippen LogP contribution in [0.1, 0.15) is 27.2 Å². The van der Waals surface area contributed by atoms with E-state index in [0.717, 1.165) is 30.4 Å². The first-order valence-electron chi connectivity index (χ1n) is 6.75. The summed E-state index contributed by atoms with van der Waals surface area (Å²) in [5.41, 5.74) is 1.08. The third-order valence-electron chi connectivity index (χ3n) is 2.66. The maximum atomic E-state index is 5.64. The average molecular weight is 259 g/mol. The highest BCUT2D eigenvalue weighted by Gasteiger charge is 2.04.